The van der Waals surface area contributed by atoms with Gasteiger partial charge in [-0.15, -0.1) is 21.5 Å². The third-order valence-corrected chi connectivity index (χ3v) is 8.81. The van der Waals surface area contributed by atoms with Crippen LogP contribution in [0.3, 0.4) is 0 Å². The first-order valence-corrected chi connectivity index (χ1v) is 12.7. The Bertz CT molecular complexity index is 1160. The average Bonchev–Trinajstić information content (AvgIpc) is 3.54. The molecular formula is C22H26N6O2S2. The van der Waals surface area contributed by atoms with Crippen molar-refractivity contribution in [1.29, 1.82) is 0 Å². The summed E-state index contributed by atoms with van der Waals surface area (Å²) < 4.78 is 13.7. The van der Waals surface area contributed by atoms with E-state index in [9.17, 15) is 0 Å². The van der Waals surface area contributed by atoms with E-state index >= 15 is 0 Å². The van der Waals surface area contributed by atoms with E-state index in [0.717, 1.165) is 35.4 Å². The van der Waals surface area contributed by atoms with Crippen LogP contribution < -0.4 is 20.5 Å². The van der Waals surface area contributed by atoms with Gasteiger partial charge in [0.2, 0.25) is 5.95 Å². The zero-order valence-electron chi connectivity index (χ0n) is 18.3. The van der Waals surface area contributed by atoms with E-state index < -0.39 is 0 Å². The lowest BCUT2D eigenvalue weighted by Gasteiger charge is -2.35. The number of thiophene rings is 1. The number of methoxy groups -OCH3 is 1. The van der Waals surface area contributed by atoms with E-state index in [0.29, 0.717) is 13.3 Å². The minimum Gasteiger partial charge on any atom is -0.497 e. The van der Waals surface area contributed by atoms with Gasteiger partial charge >= 0.3 is 0 Å². The Morgan fingerprint density at radius 2 is 2.16 bits per heavy atom. The molecule has 1 aromatic carbocycles. The molecule has 3 aliphatic heterocycles. The highest BCUT2D eigenvalue weighted by molar-refractivity contribution is 7.98. The topological polar surface area (TPSA) is 76.5 Å². The molecule has 168 valence electrons. The zero-order valence-corrected chi connectivity index (χ0v) is 20.0. The van der Waals surface area contributed by atoms with Crippen LogP contribution in [0.25, 0.3) is 5.00 Å². The molecular weight excluding hydrogens is 444 g/mol. The van der Waals surface area contributed by atoms with Crippen LogP contribution in [0.4, 0.5) is 5.95 Å². The summed E-state index contributed by atoms with van der Waals surface area (Å²) in [4.78, 5) is 1.32. The zero-order chi connectivity index (χ0) is 21.9. The second-order valence-corrected chi connectivity index (χ2v) is 10.6. The van der Waals surface area contributed by atoms with E-state index in [1.54, 1.807) is 18.9 Å². The number of aromatic nitrogens is 3. The van der Waals surface area contributed by atoms with Crippen molar-refractivity contribution in [2.24, 2.45) is 0 Å². The molecule has 5 heterocycles. The molecule has 1 fully saturated rings. The first kappa shape index (κ1) is 20.5. The molecule has 3 aromatic rings. The number of nitrogens with zero attached hydrogens (tertiary/aromatic N) is 4. The summed E-state index contributed by atoms with van der Waals surface area (Å²) in [5.74, 6) is 2.52. The quantitative estimate of drug-likeness (QED) is 0.546. The third kappa shape index (κ3) is 3.16. The number of rotatable bonds is 5. The van der Waals surface area contributed by atoms with Gasteiger partial charge in [0, 0.05) is 22.6 Å². The number of ether oxygens (including phenoxy) is 2. The van der Waals surface area contributed by atoms with E-state index in [1.807, 2.05) is 23.5 Å². The highest BCUT2D eigenvalue weighted by atomic mass is 32.2. The molecule has 0 amide bonds. The SMILES string of the molecule is CC[C@]1(C)Cc2c(sc3c2C2NCNN2c2nnc(SCc4ccc(OC)cc4)n2-3)CO1. The van der Waals surface area contributed by atoms with Crippen LogP contribution in [0.5, 0.6) is 5.75 Å². The number of hydrogen-bond acceptors (Lipinski definition) is 9. The molecule has 0 saturated carbocycles. The largest absolute Gasteiger partial charge is 0.497 e. The van der Waals surface area contributed by atoms with Crippen molar-refractivity contribution < 1.29 is 9.47 Å². The first-order chi connectivity index (χ1) is 15.6. The van der Waals surface area contributed by atoms with Gasteiger partial charge in [-0.25, -0.2) is 9.99 Å². The lowest BCUT2D eigenvalue weighted by molar-refractivity contribution is -0.0549. The van der Waals surface area contributed by atoms with E-state index in [1.165, 1.54) is 26.6 Å². The minimum atomic E-state index is -0.113. The van der Waals surface area contributed by atoms with Gasteiger partial charge in [-0.2, -0.15) is 0 Å². The molecule has 1 saturated heterocycles. The van der Waals surface area contributed by atoms with Crippen LogP contribution in [0, 0.1) is 0 Å². The van der Waals surface area contributed by atoms with Gasteiger partial charge in [0.25, 0.3) is 0 Å². The normalized spacial score (nSPS) is 23.5. The van der Waals surface area contributed by atoms with Gasteiger partial charge in [0.05, 0.1) is 26.0 Å². The minimum absolute atomic E-state index is 0.0698. The molecule has 0 radical (unpaired) electrons. The van der Waals surface area contributed by atoms with Crippen molar-refractivity contribution in [2.45, 2.75) is 56.0 Å². The fraction of sp³-hybridized carbons (Fsp3) is 0.455. The summed E-state index contributed by atoms with van der Waals surface area (Å²) >= 11 is 3.53. The average molecular weight is 471 g/mol. The van der Waals surface area contributed by atoms with Crippen LogP contribution in [0.15, 0.2) is 29.4 Å². The van der Waals surface area contributed by atoms with Gasteiger partial charge in [-0.3, -0.25) is 10.3 Å². The van der Waals surface area contributed by atoms with E-state index in [4.69, 9.17) is 9.47 Å². The number of fused-ring (bicyclic) bond motifs is 8. The van der Waals surface area contributed by atoms with Crippen molar-refractivity contribution >= 4 is 29.0 Å². The molecule has 0 bridgehead atoms. The number of hydrogen-bond donors (Lipinski definition) is 2. The lowest BCUT2D eigenvalue weighted by Crippen LogP contribution is -2.40. The fourth-order valence-electron chi connectivity index (χ4n) is 4.55. The highest BCUT2D eigenvalue weighted by Crippen LogP contribution is 2.49. The van der Waals surface area contributed by atoms with Crippen molar-refractivity contribution in [2.75, 3.05) is 18.8 Å². The monoisotopic (exact) mass is 470 g/mol. The maximum absolute atomic E-state index is 6.26. The Kier molecular flexibility index (Phi) is 4.96. The van der Waals surface area contributed by atoms with E-state index in [2.05, 4.69) is 56.5 Å². The van der Waals surface area contributed by atoms with E-state index in [-0.39, 0.29) is 11.8 Å². The Hall–Kier alpha value is -2.11. The van der Waals surface area contributed by atoms with Crippen molar-refractivity contribution in [3.63, 3.8) is 0 Å². The molecule has 2 atom stereocenters. The second-order valence-electron chi connectivity index (χ2n) is 8.56. The lowest BCUT2D eigenvalue weighted by atomic mass is 9.88. The molecule has 0 spiro atoms. The number of benzene rings is 1. The maximum atomic E-state index is 6.26. The fourth-order valence-corrected chi connectivity index (χ4v) is 6.76. The van der Waals surface area contributed by atoms with Gasteiger partial charge in [0.1, 0.15) is 16.9 Å². The summed E-state index contributed by atoms with van der Waals surface area (Å²) in [5, 5.41) is 17.0. The molecule has 3 aliphatic rings. The predicted molar refractivity (Wildman–Crippen MR) is 125 cm³/mol. The number of hydrazine groups is 1. The summed E-state index contributed by atoms with van der Waals surface area (Å²) in [6.07, 6.45) is 2.00. The third-order valence-electron chi connectivity index (χ3n) is 6.60. The molecule has 1 unspecified atom stereocenters. The number of nitrogens with one attached hydrogen (secondary N) is 2. The summed E-state index contributed by atoms with van der Waals surface area (Å²) in [6, 6.07) is 8.19. The smallest absolute Gasteiger partial charge is 0.249 e. The number of anilines is 1. The molecule has 2 N–H and O–H groups in total. The van der Waals surface area contributed by atoms with Gasteiger partial charge in [0.15, 0.2) is 5.16 Å². The Labute approximate surface area is 195 Å². The molecule has 32 heavy (non-hydrogen) atoms. The molecule has 10 heteroatoms. The first-order valence-electron chi connectivity index (χ1n) is 10.9. The Morgan fingerprint density at radius 3 is 2.94 bits per heavy atom. The van der Waals surface area contributed by atoms with Crippen molar-refractivity contribution in [3.05, 3.63) is 45.8 Å². The van der Waals surface area contributed by atoms with Gasteiger partial charge < -0.3 is 9.47 Å². The molecule has 0 aliphatic carbocycles. The van der Waals surface area contributed by atoms with Crippen molar-refractivity contribution in [1.82, 2.24) is 25.5 Å². The van der Waals surface area contributed by atoms with Crippen LogP contribution in [-0.4, -0.2) is 34.1 Å². The highest BCUT2D eigenvalue weighted by Gasteiger charge is 2.44. The summed E-state index contributed by atoms with van der Waals surface area (Å²) in [5.41, 5.74) is 7.32. The number of thioether (sulfide) groups is 1. The predicted octanol–water partition coefficient (Wildman–Crippen LogP) is 3.76. The molecule has 8 nitrogen and oxygen atoms in total. The summed E-state index contributed by atoms with van der Waals surface area (Å²) in [7, 11) is 1.69. The van der Waals surface area contributed by atoms with Crippen LogP contribution in [0.2, 0.25) is 0 Å². The molecule has 2 aromatic heterocycles. The van der Waals surface area contributed by atoms with Crippen LogP contribution >= 0.6 is 23.1 Å². The second kappa shape index (κ2) is 7.74. The van der Waals surface area contributed by atoms with Gasteiger partial charge in [-0.05, 0) is 36.6 Å². The van der Waals surface area contributed by atoms with Crippen LogP contribution in [0.1, 0.15) is 48.0 Å². The van der Waals surface area contributed by atoms with Crippen LogP contribution in [-0.2, 0) is 23.5 Å². The molecule has 6 rings (SSSR count). The van der Waals surface area contributed by atoms with Crippen molar-refractivity contribution in [3.8, 4) is 10.8 Å². The Morgan fingerprint density at radius 1 is 1.31 bits per heavy atom. The Balaban J connectivity index is 1.38. The maximum Gasteiger partial charge on any atom is 0.249 e. The standard InChI is InChI=1S/C22H26N6O2S2/c1-4-22(2)9-15-16(10-30-22)32-19-17(15)18-23-12-24-28(18)20-25-26-21(27(19)20)31-11-13-5-7-14(29-3)8-6-13/h5-8,18,23-24H,4,9-12H2,1-3H3/t18?,22-/m1/s1. The summed E-state index contributed by atoms with van der Waals surface area (Å²) in [6.45, 7) is 5.80. The van der Waals surface area contributed by atoms with Gasteiger partial charge in [-0.1, -0.05) is 30.8 Å².